The highest BCUT2D eigenvalue weighted by Crippen LogP contribution is 2.57. The van der Waals surface area contributed by atoms with Gasteiger partial charge in [-0.15, -0.1) is 0 Å². The zero-order valence-electron chi connectivity index (χ0n) is 14.9. The van der Waals surface area contributed by atoms with E-state index in [1.165, 1.54) is 16.8 Å². The summed E-state index contributed by atoms with van der Waals surface area (Å²) in [6, 6.07) is 3.36. The Morgan fingerprint density at radius 1 is 1.26 bits per heavy atom. The van der Waals surface area contributed by atoms with E-state index in [9.17, 15) is 13.6 Å². The van der Waals surface area contributed by atoms with Crippen LogP contribution in [0.25, 0.3) is 5.69 Å². The fraction of sp³-hybridized carbons (Fsp3) is 0.500. The third kappa shape index (κ3) is 2.76. The van der Waals surface area contributed by atoms with Crippen LogP contribution in [0.15, 0.2) is 18.2 Å². The zero-order chi connectivity index (χ0) is 18.7. The Morgan fingerprint density at radius 3 is 2.85 bits per heavy atom. The number of halogens is 2. The number of nitrogens with two attached hydrogens (primary N) is 1. The van der Waals surface area contributed by atoms with Crippen molar-refractivity contribution < 1.29 is 13.6 Å². The average molecular weight is 372 g/mol. The molecule has 2 aromatic rings. The van der Waals surface area contributed by atoms with E-state index in [0.717, 1.165) is 55.8 Å². The molecule has 7 heteroatoms. The van der Waals surface area contributed by atoms with Crippen molar-refractivity contribution in [2.45, 2.75) is 56.5 Å². The lowest BCUT2D eigenvalue weighted by Gasteiger charge is -2.29. The molecule has 3 aliphatic carbocycles. The predicted octanol–water partition coefficient (Wildman–Crippen LogP) is 2.81. The second-order valence-electron chi connectivity index (χ2n) is 8.05. The van der Waals surface area contributed by atoms with E-state index >= 15 is 0 Å². The predicted molar refractivity (Wildman–Crippen MR) is 95.7 cm³/mol. The lowest BCUT2D eigenvalue weighted by Crippen LogP contribution is -2.49. The van der Waals surface area contributed by atoms with Crippen molar-refractivity contribution in [3.8, 4) is 5.69 Å². The van der Waals surface area contributed by atoms with Crippen LogP contribution in [0.5, 0.6) is 0 Å². The molecule has 2 fully saturated rings. The van der Waals surface area contributed by atoms with E-state index in [2.05, 4.69) is 10.4 Å². The topological polar surface area (TPSA) is 72.9 Å². The molecule has 0 spiro atoms. The van der Waals surface area contributed by atoms with Gasteiger partial charge in [0.1, 0.15) is 11.5 Å². The Morgan fingerprint density at radius 2 is 2.07 bits per heavy atom. The molecule has 4 atom stereocenters. The number of aromatic nitrogens is 2. The van der Waals surface area contributed by atoms with Crippen LogP contribution in [0, 0.1) is 17.6 Å². The van der Waals surface area contributed by atoms with Gasteiger partial charge in [-0.05, 0) is 43.7 Å². The van der Waals surface area contributed by atoms with Crippen molar-refractivity contribution >= 4 is 5.91 Å². The van der Waals surface area contributed by atoms with Gasteiger partial charge < -0.3 is 11.1 Å². The summed E-state index contributed by atoms with van der Waals surface area (Å²) in [5.41, 5.74) is 8.51. The number of nitrogens with zero attached hydrogens (tertiary/aromatic N) is 2. The van der Waals surface area contributed by atoms with Crippen molar-refractivity contribution in [2.24, 2.45) is 11.7 Å². The Balaban J connectivity index is 1.51. The molecule has 1 aromatic heterocycles. The summed E-state index contributed by atoms with van der Waals surface area (Å²) in [7, 11) is 0. The Bertz CT molecular complexity index is 925. The SMILES string of the molecule is N[C@H]1CCCC[C@@H]1NC(=O)c1nn(-c2ccc(F)cc2F)c2c1C[C@H]1C[C@@H]21. The third-order valence-electron chi connectivity index (χ3n) is 6.25. The number of fused-ring (bicyclic) bond motifs is 3. The van der Waals surface area contributed by atoms with Crippen LogP contribution < -0.4 is 11.1 Å². The van der Waals surface area contributed by atoms with E-state index in [1.807, 2.05) is 0 Å². The van der Waals surface area contributed by atoms with Gasteiger partial charge in [0, 0.05) is 29.6 Å². The summed E-state index contributed by atoms with van der Waals surface area (Å²) in [4.78, 5) is 12.9. The number of hydrogen-bond donors (Lipinski definition) is 2. The minimum absolute atomic E-state index is 0.0409. The number of carbonyl (C=O) groups excluding carboxylic acids is 1. The zero-order valence-corrected chi connectivity index (χ0v) is 14.9. The van der Waals surface area contributed by atoms with Crippen molar-refractivity contribution in [1.82, 2.24) is 15.1 Å². The summed E-state index contributed by atoms with van der Waals surface area (Å²) >= 11 is 0. The van der Waals surface area contributed by atoms with Gasteiger partial charge in [-0.25, -0.2) is 13.5 Å². The molecule has 1 aromatic carbocycles. The van der Waals surface area contributed by atoms with Gasteiger partial charge in [0.25, 0.3) is 5.91 Å². The van der Waals surface area contributed by atoms with E-state index in [0.29, 0.717) is 17.5 Å². The van der Waals surface area contributed by atoms with Crippen molar-refractivity contribution in [3.63, 3.8) is 0 Å². The Kier molecular flexibility index (Phi) is 3.82. The van der Waals surface area contributed by atoms with Crippen LogP contribution >= 0.6 is 0 Å². The first-order valence-corrected chi connectivity index (χ1v) is 9.66. The number of rotatable bonds is 3. The van der Waals surface area contributed by atoms with E-state index in [1.54, 1.807) is 0 Å². The number of nitrogens with one attached hydrogen (secondary N) is 1. The third-order valence-corrected chi connectivity index (χ3v) is 6.25. The Hall–Kier alpha value is -2.28. The molecular formula is C20H22F2N4O. The number of benzene rings is 1. The molecule has 2 saturated carbocycles. The van der Waals surface area contributed by atoms with Crippen LogP contribution in [0.4, 0.5) is 8.78 Å². The van der Waals surface area contributed by atoms with Gasteiger partial charge in [-0.1, -0.05) is 12.8 Å². The van der Waals surface area contributed by atoms with Gasteiger partial charge in [-0.3, -0.25) is 4.79 Å². The molecule has 5 rings (SSSR count). The molecule has 1 amide bonds. The summed E-state index contributed by atoms with van der Waals surface area (Å²) in [6.07, 6.45) is 5.75. The van der Waals surface area contributed by atoms with Gasteiger partial charge in [-0.2, -0.15) is 5.10 Å². The molecule has 142 valence electrons. The second-order valence-corrected chi connectivity index (χ2v) is 8.05. The largest absolute Gasteiger partial charge is 0.346 e. The monoisotopic (exact) mass is 372 g/mol. The first kappa shape index (κ1) is 16.9. The molecular weight excluding hydrogens is 350 g/mol. The second kappa shape index (κ2) is 6.12. The summed E-state index contributed by atoms with van der Waals surface area (Å²) < 4.78 is 29.2. The summed E-state index contributed by atoms with van der Waals surface area (Å²) in [5, 5.41) is 7.50. The molecule has 27 heavy (non-hydrogen) atoms. The average Bonchev–Trinajstić information content (AvgIpc) is 3.14. The molecule has 0 bridgehead atoms. The maximum Gasteiger partial charge on any atom is 0.272 e. The molecule has 1 heterocycles. The fourth-order valence-electron chi connectivity index (χ4n) is 4.71. The number of carbonyl (C=O) groups is 1. The number of amides is 1. The Labute approximate surface area is 155 Å². The van der Waals surface area contributed by atoms with Crippen LogP contribution in [0.1, 0.15) is 59.8 Å². The normalized spacial score (nSPS) is 28.6. The van der Waals surface area contributed by atoms with E-state index < -0.39 is 11.6 Å². The highest BCUT2D eigenvalue weighted by atomic mass is 19.1. The minimum Gasteiger partial charge on any atom is -0.346 e. The van der Waals surface area contributed by atoms with Gasteiger partial charge in [0.2, 0.25) is 0 Å². The van der Waals surface area contributed by atoms with Gasteiger partial charge in [0.05, 0.1) is 5.69 Å². The van der Waals surface area contributed by atoms with Crippen LogP contribution in [0.2, 0.25) is 0 Å². The van der Waals surface area contributed by atoms with E-state index in [-0.39, 0.29) is 23.7 Å². The molecule has 0 radical (unpaired) electrons. The molecule has 0 aliphatic heterocycles. The highest BCUT2D eigenvalue weighted by Gasteiger charge is 2.50. The molecule has 3 N–H and O–H groups in total. The standard InChI is InChI=1S/C20H22F2N4O/c21-11-5-6-17(14(22)9-11)26-19-12-7-10(12)8-13(19)18(25-26)20(27)24-16-4-2-1-3-15(16)23/h5-6,9-10,12,15-16H,1-4,7-8,23H2,(H,24,27)/t10-,12-,15+,16+/m1/s1. The van der Waals surface area contributed by atoms with Crippen molar-refractivity contribution in [1.29, 1.82) is 0 Å². The smallest absolute Gasteiger partial charge is 0.272 e. The molecule has 0 saturated heterocycles. The van der Waals surface area contributed by atoms with Gasteiger partial charge >= 0.3 is 0 Å². The summed E-state index contributed by atoms with van der Waals surface area (Å²) in [6.45, 7) is 0. The maximum atomic E-state index is 14.4. The van der Waals surface area contributed by atoms with Crippen molar-refractivity contribution in [3.05, 3.63) is 46.8 Å². The maximum absolute atomic E-state index is 14.4. The van der Waals surface area contributed by atoms with E-state index in [4.69, 9.17) is 5.73 Å². The summed E-state index contributed by atoms with van der Waals surface area (Å²) in [5.74, 6) is -0.720. The molecule has 5 nitrogen and oxygen atoms in total. The van der Waals surface area contributed by atoms with Crippen LogP contribution in [0.3, 0.4) is 0 Å². The number of hydrogen-bond acceptors (Lipinski definition) is 3. The lowest BCUT2D eigenvalue weighted by molar-refractivity contribution is 0.0914. The van der Waals surface area contributed by atoms with Gasteiger partial charge in [0.15, 0.2) is 11.5 Å². The molecule has 0 unspecified atom stereocenters. The lowest BCUT2D eigenvalue weighted by atomic mass is 9.91. The first-order valence-electron chi connectivity index (χ1n) is 9.66. The van der Waals surface area contributed by atoms with Crippen molar-refractivity contribution in [2.75, 3.05) is 0 Å². The minimum atomic E-state index is -0.675. The first-order chi connectivity index (χ1) is 13.0. The highest BCUT2D eigenvalue weighted by molar-refractivity contribution is 5.94. The van der Waals surface area contributed by atoms with Crippen LogP contribution in [-0.2, 0) is 6.42 Å². The van der Waals surface area contributed by atoms with Crippen LogP contribution in [-0.4, -0.2) is 27.8 Å². The fourth-order valence-corrected chi connectivity index (χ4v) is 4.71. The molecule has 3 aliphatic rings. The quantitative estimate of drug-likeness (QED) is 0.870.